The molecule has 5 nitrogen and oxygen atoms in total. The molecule has 0 aliphatic rings. The molecule has 26 heavy (non-hydrogen) atoms. The number of nitrogens with zero attached hydrogens (tertiary/aromatic N) is 3. The number of carbonyl (C=O) groups is 1. The SMILES string of the molecule is CN(C)c1ccc(/N=N/c2ccc(NC(=O)c3ccccc3)cc2)cc1. The smallest absolute Gasteiger partial charge is 0.255 e. The number of nitrogens with one attached hydrogen (secondary N) is 1. The monoisotopic (exact) mass is 344 g/mol. The highest BCUT2D eigenvalue weighted by molar-refractivity contribution is 6.04. The standard InChI is InChI=1S/C21H20N4O/c1-25(2)20-14-12-19(13-15-20)24-23-18-10-8-17(9-11-18)22-21(26)16-6-4-3-5-7-16/h3-15H,1-2H3,(H,22,26)/b24-23+. The lowest BCUT2D eigenvalue weighted by molar-refractivity contribution is 0.102. The van der Waals surface area contributed by atoms with Crippen molar-refractivity contribution >= 4 is 28.7 Å². The summed E-state index contributed by atoms with van der Waals surface area (Å²) in [5, 5.41) is 11.3. The van der Waals surface area contributed by atoms with Gasteiger partial charge in [-0.2, -0.15) is 10.2 Å². The van der Waals surface area contributed by atoms with Crippen LogP contribution in [0.4, 0.5) is 22.7 Å². The first-order chi connectivity index (χ1) is 12.6. The molecule has 3 aromatic carbocycles. The van der Waals surface area contributed by atoms with E-state index in [2.05, 4.69) is 15.5 Å². The maximum absolute atomic E-state index is 12.1. The average molecular weight is 344 g/mol. The summed E-state index contributed by atoms with van der Waals surface area (Å²) in [6.45, 7) is 0. The maximum atomic E-state index is 12.1. The van der Waals surface area contributed by atoms with Gasteiger partial charge < -0.3 is 10.2 Å². The molecule has 0 aliphatic carbocycles. The third-order valence-corrected chi connectivity index (χ3v) is 3.81. The summed E-state index contributed by atoms with van der Waals surface area (Å²) < 4.78 is 0. The van der Waals surface area contributed by atoms with Gasteiger partial charge in [-0.25, -0.2) is 0 Å². The Hall–Kier alpha value is -3.47. The quantitative estimate of drug-likeness (QED) is 0.628. The zero-order valence-corrected chi connectivity index (χ0v) is 14.8. The van der Waals surface area contributed by atoms with Crippen molar-refractivity contribution in [3.63, 3.8) is 0 Å². The zero-order valence-electron chi connectivity index (χ0n) is 14.8. The number of azo groups is 1. The highest BCUT2D eigenvalue weighted by Gasteiger charge is 2.04. The van der Waals surface area contributed by atoms with Gasteiger partial charge in [-0.3, -0.25) is 4.79 Å². The van der Waals surface area contributed by atoms with Crippen molar-refractivity contribution in [1.29, 1.82) is 0 Å². The van der Waals surface area contributed by atoms with Gasteiger partial charge in [0.15, 0.2) is 0 Å². The molecule has 0 saturated heterocycles. The van der Waals surface area contributed by atoms with Crippen LogP contribution < -0.4 is 10.2 Å². The molecule has 5 heteroatoms. The number of hydrogen-bond acceptors (Lipinski definition) is 4. The van der Waals surface area contributed by atoms with Crippen molar-refractivity contribution in [2.75, 3.05) is 24.3 Å². The summed E-state index contributed by atoms with van der Waals surface area (Å²) in [7, 11) is 3.99. The van der Waals surface area contributed by atoms with Gasteiger partial charge in [0.25, 0.3) is 5.91 Å². The van der Waals surface area contributed by atoms with E-state index >= 15 is 0 Å². The molecule has 0 fully saturated rings. The Morgan fingerprint density at radius 2 is 1.31 bits per heavy atom. The van der Waals surface area contributed by atoms with E-state index in [-0.39, 0.29) is 5.91 Å². The summed E-state index contributed by atoms with van der Waals surface area (Å²) >= 11 is 0. The van der Waals surface area contributed by atoms with E-state index in [4.69, 9.17) is 0 Å². The van der Waals surface area contributed by atoms with Gasteiger partial charge in [0, 0.05) is 31.0 Å². The predicted molar refractivity (Wildman–Crippen MR) is 106 cm³/mol. The van der Waals surface area contributed by atoms with Crippen LogP contribution in [0.3, 0.4) is 0 Å². The minimum atomic E-state index is -0.138. The van der Waals surface area contributed by atoms with Crippen LogP contribution in [0.5, 0.6) is 0 Å². The molecule has 0 bridgehead atoms. The third-order valence-electron chi connectivity index (χ3n) is 3.81. The Kier molecular flexibility index (Phi) is 5.39. The van der Waals surface area contributed by atoms with Crippen LogP contribution in [0.2, 0.25) is 0 Å². The fraction of sp³-hybridized carbons (Fsp3) is 0.0952. The van der Waals surface area contributed by atoms with Crippen LogP contribution in [0.1, 0.15) is 10.4 Å². The first-order valence-electron chi connectivity index (χ1n) is 8.27. The van der Waals surface area contributed by atoms with Crippen LogP contribution in [-0.2, 0) is 0 Å². The summed E-state index contributed by atoms with van der Waals surface area (Å²) in [4.78, 5) is 14.2. The van der Waals surface area contributed by atoms with Gasteiger partial charge in [-0.15, -0.1) is 0 Å². The van der Waals surface area contributed by atoms with E-state index < -0.39 is 0 Å². The fourth-order valence-corrected chi connectivity index (χ4v) is 2.34. The molecule has 3 aromatic rings. The molecule has 1 amide bonds. The van der Waals surface area contributed by atoms with E-state index in [1.165, 1.54) is 0 Å². The van der Waals surface area contributed by atoms with Crippen LogP contribution in [-0.4, -0.2) is 20.0 Å². The molecule has 0 heterocycles. The molecule has 0 unspecified atom stereocenters. The number of carbonyl (C=O) groups excluding carboxylic acids is 1. The van der Waals surface area contributed by atoms with E-state index in [0.717, 1.165) is 17.1 Å². The van der Waals surface area contributed by atoms with E-state index in [0.29, 0.717) is 11.3 Å². The Morgan fingerprint density at radius 1 is 0.769 bits per heavy atom. The summed E-state index contributed by atoms with van der Waals surface area (Å²) in [5.41, 5.74) is 3.96. The molecule has 3 rings (SSSR count). The highest BCUT2D eigenvalue weighted by Crippen LogP contribution is 2.22. The molecular weight excluding hydrogens is 324 g/mol. The molecule has 0 saturated carbocycles. The summed E-state index contributed by atoms with van der Waals surface area (Å²) in [5.74, 6) is -0.138. The summed E-state index contributed by atoms with van der Waals surface area (Å²) in [6.07, 6.45) is 0. The molecule has 130 valence electrons. The number of benzene rings is 3. The predicted octanol–water partition coefficient (Wildman–Crippen LogP) is 5.42. The van der Waals surface area contributed by atoms with Gasteiger partial charge in [0.1, 0.15) is 0 Å². The lowest BCUT2D eigenvalue weighted by atomic mass is 10.2. The Labute approximate surface area is 153 Å². The minimum Gasteiger partial charge on any atom is -0.378 e. The Bertz CT molecular complexity index is 886. The van der Waals surface area contributed by atoms with Gasteiger partial charge in [-0.1, -0.05) is 18.2 Å². The van der Waals surface area contributed by atoms with Crippen LogP contribution in [0.15, 0.2) is 89.1 Å². The Balaban J connectivity index is 1.63. The normalized spacial score (nSPS) is 10.7. The first-order valence-corrected chi connectivity index (χ1v) is 8.27. The van der Waals surface area contributed by atoms with Gasteiger partial charge in [-0.05, 0) is 60.7 Å². The molecule has 0 spiro atoms. The molecule has 0 radical (unpaired) electrons. The van der Waals surface area contributed by atoms with Crippen LogP contribution in [0, 0.1) is 0 Å². The van der Waals surface area contributed by atoms with Crippen LogP contribution in [0.25, 0.3) is 0 Å². The second-order valence-corrected chi connectivity index (χ2v) is 5.98. The number of amides is 1. The molecule has 0 aromatic heterocycles. The largest absolute Gasteiger partial charge is 0.378 e. The van der Waals surface area contributed by atoms with Gasteiger partial charge in [0.2, 0.25) is 0 Å². The van der Waals surface area contributed by atoms with Crippen LogP contribution >= 0.6 is 0 Å². The fourth-order valence-electron chi connectivity index (χ4n) is 2.34. The van der Waals surface area contributed by atoms with Crippen molar-refractivity contribution in [2.45, 2.75) is 0 Å². The van der Waals surface area contributed by atoms with E-state index in [1.54, 1.807) is 12.1 Å². The minimum absolute atomic E-state index is 0.138. The number of hydrogen-bond donors (Lipinski definition) is 1. The highest BCUT2D eigenvalue weighted by atomic mass is 16.1. The lowest BCUT2D eigenvalue weighted by Crippen LogP contribution is -2.11. The van der Waals surface area contributed by atoms with E-state index in [9.17, 15) is 4.79 Å². The topological polar surface area (TPSA) is 57.1 Å². The van der Waals surface area contributed by atoms with Crippen molar-refractivity contribution < 1.29 is 4.79 Å². The number of rotatable bonds is 5. The molecule has 0 atom stereocenters. The van der Waals surface area contributed by atoms with Crippen molar-refractivity contribution in [2.24, 2.45) is 10.2 Å². The molecule has 1 N–H and O–H groups in total. The zero-order chi connectivity index (χ0) is 18.4. The third kappa shape index (κ3) is 4.54. The van der Waals surface area contributed by atoms with Crippen molar-refractivity contribution in [3.8, 4) is 0 Å². The van der Waals surface area contributed by atoms with Gasteiger partial charge in [0.05, 0.1) is 11.4 Å². The lowest BCUT2D eigenvalue weighted by Gasteiger charge is -2.11. The molecule has 0 aliphatic heterocycles. The number of anilines is 2. The summed E-state index contributed by atoms with van der Waals surface area (Å²) in [6, 6.07) is 24.2. The average Bonchev–Trinajstić information content (AvgIpc) is 2.68. The first kappa shape index (κ1) is 17.4. The van der Waals surface area contributed by atoms with Gasteiger partial charge >= 0.3 is 0 Å². The molecular formula is C21H20N4O. The van der Waals surface area contributed by atoms with E-state index in [1.807, 2.05) is 85.7 Å². The van der Waals surface area contributed by atoms with Crippen molar-refractivity contribution in [1.82, 2.24) is 0 Å². The second kappa shape index (κ2) is 8.07. The second-order valence-electron chi connectivity index (χ2n) is 5.98. The van der Waals surface area contributed by atoms with Crippen molar-refractivity contribution in [3.05, 3.63) is 84.4 Å². The Morgan fingerprint density at radius 3 is 1.85 bits per heavy atom. The maximum Gasteiger partial charge on any atom is 0.255 e.